The lowest BCUT2D eigenvalue weighted by Gasteiger charge is -2.21. The van der Waals surface area contributed by atoms with Gasteiger partial charge in [0.15, 0.2) is 5.82 Å². The zero-order chi connectivity index (χ0) is 23.8. The molecule has 0 amide bonds. The molecule has 0 saturated carbocycles. The van der Waals surface area contributed by atoms with Gasteiger partial charge in [0.05, 0.1) is 4.90 Å². The minimum Gasteiger partial charge on any atom is -0.338 e. The van der Waals surface area contributed by atoms with Crippen molar-refractivity contribution in [1.82, 2.24) is 14.9 Å². The topological polar surface area (TPSA) is 84.0 Å². The molecule has 0 saturated heterocycles. The molecule has 4 aromatic rings. The molecule has 0 unspecified atom stereocenters. The molecule has 0 atom stereocenters. The molecule has 0 aliphatic rings. The van der Waals surface area contributed by atoms with Crippen molar-refractivity contribution in [3.8, 4) is 11.3 Å². The van der Waals surface area contributed by atoms with Gasteiger partial charge in [-0.3, -0.25) is 0 Å². The summed E-state index contributed by atoms with van der Waals surface area (Å²) in [5.41, 5.74) is 3.48. The van der Waals surface area contributed by atoms with Gasteiger partial charge in [-0.1, -0.05) is 54.6 Å². The number of aromatic nitrogens is 2. The van der Waals surface area contributed by atoms with Crippen molar-refractivity contribution in [3.63, 3.8) is 0 Å². The minimum absolute atomic E-state index is 0.239. The summed E-state index contributed by atoms with van der Waals surface area (Å²) in [5.74, 6) is 0.651. The van der Waals surface area contributed by atoms with Crippen LogP contribution in [-0.2, 0) is 10.0 Å². The highest BCUT2D eigenvalue weighted by Crippen LogP contribution is 2.33. The highest BCUT2D eigenvalue weighted by atomic mass is 32.2. The van der Waals surface area contributed by atoms with Crippen LogP contribution in [0.15, 0.2) is 71.6 Å². The van der Waals surface area contributed by atoms with Crippen LogP contribution in [0, 0.1) is 13.8 Å². The van der Waals surface area contributed by atoms with Crippen LogP contribution in [0.3, 0.4) is 0 Å². The number of nitrogens with one attached hydrogen (secondary N) is 2. The lowest BCUT2D eigenvalue weighted by molar-refractivity contribution is 0.491. The van der Waals surface area contributed by atoms with Gasteiger partial charge in [0.1, 0.15) is 5.69 Å². The van der Waals surface area contributed by atoms with E-state index >= 15 is 0 Å². The summed E-state index contributed by atoms with van der Waals surface area (Å²) >= 11 is 0. The Labute approximate surface area is 195 Å². The van der Waals surface area contributed by atoms with E-state index in [1.165, 1.54) is 0 Å². The molecular weight excluding hydrogens is 432 g/mol. The van der Waals surface area contributed by atoms with E-state index in [-0.39, 0.29) is 4.90 Å². The second kappa shape index (κ2) is 8.57. The fourth-order valence-electron chi connectivity index (χ4n) is 3.75. The van der Waals surface area contributed by atoms with Crippen LogP contribution < -0.4 is 10.0 Å². The Kier molecular flexibility index (Phi) is 5.95. The average molecular weight is 461 g/mol. The Hall–Kier alpha value is -3.29. The average Bonchev–Trinajstić information content (AvgIpc) is 2.74. The Morgan fingerprint density at radius 1 is 0.788 bits per heavy atom. The maximum atomic E-state index is 13.0. The first-order valence-corrected chi connectivity index (χ1v) is 12.3. The molecule has 3 aromatic carbocycles. The lowest BCUT2D eigenvalue weighted by Crippen LogP contribution is -2.40. The molecule has 33 heavy (non-hydrogen) atoms. The summed E-state index contributed by atoms with van der Waals surface area (Å²) in [6.45, 7) is 9.29. The van der Waals surface area contributed by atoms with Crippen molar-refractivity contribution in [1.29, 1.82) is 0 Å². The zero-order valence-electron chi connectivity index (χ0n) is 19.5. The summed E-state index contributed by atoms with van der Waals surface area (Å²) in [7, 11) is -3.70. The van der Waals surface area contributed by atoms with Crippen molar-refractivity contribution in [2.45, 2.75) is 45.1 Å². The van der Waals surface area contributed by atoms with E-state index in [2.05, 4.69) is 20.2 Å². The molecule has 0 aliphatic carbocycles. The number of anilines is 2. The number of hydrogen-bond donors (Lipinski definition) is 2. The van der Waals surface area contributed by atoms with Gasteiger partial charge in [-0.25, -0.2) is 13.1 Å². The number of rotatable bonds is 5. The molecule has 4 rings (SSSR count). The van der Waals surface area contributed by atoms with E-state index < -0.39 is 15.6 Å². The largest absolute Gasteiger partial charge is 0.338 e. The van der Waals surface area contributed by atoms with Crippen LogP contribution in [0.5, 0.6) is 0 Å². The van der Waals surface area contributed by atoms with E-state index in [0.29, 0.717) is 22.6 Å². The zero-order valence-corrected chi connectivity index (χ0v) is 20.3. The summed E-state index contributed by atoms with van der Waals surface area (Å²) in [6.07, 6.45) is 0. The maximum Gasteiger partial charge on any atom is 0.241 e. The summed E-state index contributed by atoms with van der Waals surface area (Å²) in [6, 6.07) is 21.2. The van der Waals surface area contributed by atoms with Crippen LogP contribution in [0.2, 0.25) is 0 Å². The van der Waals surface area contributed by atoms with Crippen LogP contribution >= 0.6 is 0 Å². The number of aryl methyl sites for hydroxylation is 2. The number of nitrogens with zero attached hydrogens (tertiary/aromatic N) is 2. The summed E-state index contributed by atoms with van der Waals surface area (Å²) in [4.78, 5) is 0.239. The second-order valence-corrected chi connectivity index (χ2v) is 10.9. The highest BCUT2D eigenvalue weighted by Gasteiger charge is 2.24. The van der Waals surface area contributed by atoms with Crippen molar-refractivity contribution in [2.75, 3.05) is 5.32 Å². The minimum atomic E-state index is -3.70. The van der Waals surface area contributed by atoms with Gasteiger partial charge < -0.3 is 5.32 Å². The molecule has 0 fully saturated rings. The third-order valence-electron chi connectivity index (χ3n) is 5.28. The third kappa shape index (κ3) is 4.89. The molecule has 0 aliphatic heterocycles. The van der Waals surface area contributed by atoms with Crippen LogP contribution in [-0.4, -0.2) is 24.2 Å². The SMILES string of the molecule is Cc1ccccc1Nc1nnc(-c2ccc(C)c(S(=O)(=O)NC(C)(C)C)c2)c2ccccc12. The summed E-state index contributed by atoms with van der Waals surface area (Å²) < 4.78 is 28.8. The quantitative estimate of drug-likeness (QED) is 0.397. The van der Waals surface area contributed by atoms with E-state index in [0.717, 1.165) is 22.0 Å². The monoisotopic (exact) mass is 460 g/mol. The first kappa shape index (κ1) is 22.9. The van der Waals surface area contributed by atoms with E-state index in [9.17, 15) is 8.42 Å². The molecule has 0 bridgehead atoms. The van der Waals surface area contributed by atoms with Crippen LogP contribution in [0.1, 0.15) is 31.9 Å². The van der Waals surface area contributed by atoms with Crippen LogP contribution in [0.25, 0.3) is 22.0 Å². The predicted octanol–water partition coefficient (Wildman–Crippen LogP) is 5.73. The van der Waals surface area contributed by atoms with E-state index in [1.54, 1.807) is 13.0 Å². The highest BCUT2D eigenvalue weighted by molar-refractivity contribution is 7.89. The first-order chi connectivity index (χ1) is 15.5. The van der Waals surface area contributed by atoms with Crippen LogP contribution in [0.4, 0.5) is 11.5 Å². The number of para-hydroxylation sites is 1. The molecule has 1 heterocycles. The smallest absolute Gasteiger partial charge is 0.241 e. The lowest BCUT2D eigenvalue weighted by atomic mass is 10.0. The van der Waals surface area contributed by atoms with Gasteiger partial charge >= 0.3 is 0 Å². The van der Waals surface area contributed by atoms with Gasteiger partial charge in [-0.05, 0) is 57.9 Å². The maximum absolute atomic E-state index is 13.0. The summed E-state index contributed by atoms with van der Waals surface area (Å²) in [5, 5.41) is 14.1. The number of sulfonamides is 1. The van der Waals surface area contributed by atoms with Crippen molar-refractivity contribution in [3.05, 3.63) is 77.9 Å². The van der Waals surface area contributed by atoms with Gasteiger partial charge in [0, 0.05) is 27.6 Å². The standard InChI is InChI=1S/C26H28N4O2S/c1-17-10-6-9-13-22(17)27-25-21-12-8-7-11-20(21)24(28-29-25)19-15-14-18(2)23(16-19)33(31,32)30-26(3,4)5/h6-16,30H,1-5H3,(H,27,29). The molecule has 2 N–H and O–H groups in total. The van der Waals surface area contributed by atoms with Gasteiger partial charge in [0.2, 0.25) is 10.0 Å². The third-order valence-corrected chi connectivity index (χ3v) is 7.18. The van der Waals surface area contributed by atoms with Gasteiger partial charge in [0.25, 0.3) is 0 Å². The molecule has 170 valence electrons. The van der Waals surface area contributed by atoms with Gasteiger partial charge in [-0.2, -0.15) is 0 Å². The molecule has 1 aromatic heterocycles. The predicted molar refractivity (Wildman–Crippen MR) is 134 cm³/mol. The molecule has 0 spiro atoms. The number of fused-ring (bicyclic) bond motifs is 1. The fraction of sp³-hybridized carbons (Fsp3) is 0.231. The number of benzene rings is 3. The van der Waals surface area contributed by atoms with E-state index in [1.807, 2.05) is 88.4 Å². The molecule has 6 nitrogen and oxygen atoms in total. The molecular formula is C26H28N4O2S. The number of hydrogen-bond acceptors (Lipinski definition) is 5. The Balaban J connectivity index is 1.83. The van der Waals surface area contributed by atoms with Crippen molar-refractivity contribution < 1.29 is 8.42 Å². The normalized spacial score (nSPS) is 12.2. The Bertz CT molecular complexity index is 1440. The van der Waals surface area contributed by atoms with Crippen molar-refractivity contribution in [2.24, 2.45) is 0 Å². The van der Waals surface area contributed by atoms with E-state index in [4.69, 9.17) is 0 Å². The Morgan fingerprint density at radius 2 is 1.45 bits per heavy atom. The first-order valence-electron chi connectivity index (χ1n) is 10.8. The van der Waals surface area contributed by atoms with Crippen molar-refractivity contribution >= 4 is 32.3 Å². The van der Waals surface area contributed by atoms with Gasteiger partial charge in [-0.15, -0.1) is 10.2 Å². The molecule has 7 heteroatoms. The Morgan fingerprint density at radius 3 is 2.15 bits per heavy atom. The molecule has 0 radical (unpaired) electrons. The fourth-order valence-corrected chi connectivity index (χ4v) is 5.44. The second-order valence-electron chi connectivity index (χ2n) is 9.22.